The molecule has 1 aromatic carbocycles. The van der Waals surface area contributed by atoms with Gasteiger partial charge in [0.15, 0.2) is 5.82 Å². The first-order valence-electron chi connectivity index (χ1n) is 7.04. The van der Waals surface area contributed by atoms with Gasteiger partial charge in [-0.15, -0.1) is 0 Å². The van der Waals surface area contributed by atoms with Crippen LogP contribution < -0.4 is 10.6 Å². The Hall–Kier alpha value is -2.71. The fraction of sp³-hybridized carbons (Fsp3) is 0.429. The van der Waals surface area contributed by atoms with Gasteiger partial charge in [0.2, 0.25) is 5.91 Å². The summed E-state index contributed by atoms with van der Waals surface area (Å²) in [5, 5.41) is 10.9. The summed E-state index contributed by atoms with van der Waals surface area (Å²) >= 11 is 0. The van der Waals surface area contributed by atoms with Crippen molar-refractivity contribution < 1.29 is 23.6 Å². The number of nitrogens with two attached hydrogens (primary N) is 1. The summed E-state index contributed by atoms with van der Waals surface area (Å²) in [7, 11) is 0. The van der Waals surface area contributed by atoms with Crippen LogP contribution in [0.2, 0.25) is 0 Å². The Morgan fingerprint density at radius 3 is 2.74 bits per heavy atom. The number of nitrogens with zero attached hydrogens (tertiary/aromatic N) is 2. The Kier molecular flexibility index (Phi) is 4.77. The van der Waals surface area contributed by atoms with Crippen molar-refractivity contribution in [2.45, 2.75) is 13.3 Å². The molecule has 1 saturated heterocycles. The van der Waals surface area contributed by atoms with E-state index >= 15 is 0 Å². The topological polar surface area (TPSA) is 116 Å². The number of benzene rings is 1. The quantitative estimate of drug-likeness (QED) is 0.494. The van der Waals surface area contributed by atoms with Crippen LogP contribution in [0.3, 0.4) is 0 Å². The number of rotatable bonds is 5. The van der Waals surface area contributed by atoms with Gasteiger partial charge in [0.05, 0.1) is 34.8 Å². The lowest BCUT2D eigenvalue weighted by Crippen LogP contribution is -2.29. The van der Waals surface area contributed by atoms with Gasteiger partial charge in [-0.05, 0) is 13.3 Å². The van der Waals surface area contributed by atoms with E-state index in [9.17, 15) is 24.1 Å². The molecule has 0 radical (unpaired) electrons. The molecule has 0 saturated carbocycles. The van der Waals surface area contributed by atoms with Gasteiger partial charge in [0.1, 0.15) is 0 Å². The molecule has 1 aliphatic rings. The third kappa shape index (κ3) is 3.38. The molecule has 1 unspecified atom stereocenters. The second-order valence-electron chi connectivity index (χ2n) is 5.14. The molecule has 124 valence electrons. The largest absolute Gasteiger partial charge is 0.462 e. The minimum atomic E-state index is -0.910. The lowest BCUT2D eigenvalue weighted by atomic mass is 10.1. The maximum atomic E-state index is 14.4. The smallest absolute Gasteiger partial charge is 0.340 e. The van der Waals surface area contributed by atoms with E-state index in [1.165, 1.54) is 4.90 Å². The average molecular weight is 325 g/mol. The molecule has 23 heavy (non-hydrogen) atoms. The van der Waals surface area contributed by atoms with Crippen LogP contribution in [0, 0.1) is 21.8 Å². The molecule has 9 heteroatoms. The molecule has 1 aliphatic heterocycles. The summed E-state index contributed by atoms with van der Waals surface area (Å²) in [5.41, 5.74) is 4.37. The number of halogens is 1. The molecule has 1 heterocycles. The number of ether oxygens (including phenoxy) is 1. The van der Waals surface area contributed by atoms with Crippen LogP contribution in [0.1, 0.15) is 23.7 Å². The van der Waals surface area contributed by atoms with Gasteiger partial charge in [-0.2, -0.15) is 0 Å². The second kappa shape index (κ2) is 6.59. The van der Waals surface area contributed by atoms with Crippen LogP contribution in [0.15, 0.2) is 12.1 Å². The normalized spacial score (nSPS) is 17.1. The SMILES string of the molecule is CCOC(=O)c1cc([N+](=O)[O-])cc(F)c1N1CCC(C(N)=O)C1. The molecule has 1 aromatic rings. The molecule has 2 N–H and O–H groups in total. The van der Waals surface area contributed by atoms with Gasteiger partial charge in [0.25, 0.3) is 5.69 Å². The maximum absolute atomic E-state index is 14.4. The number of anilines is 1. The highest BCUT2D eigenvalue weighted by molar-refractivity contribution is 5.97. The molecule has 1 fully saturated rings. The number of carbonyl (C=O) groups is 2. The van der Waals surface area contributed by atoms with E-state index in [2.05, 4.69) is 0 Å². The Morgan fingerprint density at radius 2 is 2.22 bits per heavy atom. The van der Waals surface area contributed by atoms with Crippen LogP contribution in [-0.4, -0.2) is 36.5 Å². The minimum absolute atomic E-state index is 0.0481. The van der Waals surface area contributed by atoms with E-state index in [-0.39, 0.29) is 24.4 Å². The van der Waals surface area contributed by atoms with Crippen LogP contribution in [0.4, 0.5) is 15.8 Å². The summed E-state index contributed by atoms with van der Waals surface area (Å²) < 4.78 is 19.2. The van der Waals surface area contributed by atoms with Gasteiger partial charge in [-0.1, -0.05) is 0 Å². The predicted molar refractivity (Wildman–Crippen MR) is 78.5 cm³/mol. The summed E-state index contributed by atoms with van der Waals surface area (Å²) in [6.07, 6.45) is 0.425. The number of amides is 1. The first kappa shape index (κ1) is 16.7. The molecule has 8 nitrogen and oxygen atoms in total. The monoisotopic (exact) mass is 325 g/mol. The fourth-order valence-electron chi connectivity index (χ4n) is 2.57. The van der Waals surface area contributed by atoms with E-state index in [1.54, 1.807) is 6.92 Å². The molecule has 2 rings (SSSR count). The minimum Gasteiger partial charge on any atom is -0.462 e. The molecule has 1 amide bonds. The number of carbonyl (C=O) groups excluding carboxylic acids is 2. The number of nitro benzene ring substituents is 1. The Balaban J connectivity index is 2.47. The first-order valence-corrected chi connectivity index (χ1v) is 7.04. The van der Waals surface area contributed by atoms with Crippen molar-refractivity contribution >= 4 is 23.3 Å². The van der Waals surface area contributed by atoms with Crippen molar-refractivity contribution in [3.05, 3.63) is 33.6 Å². The summed E-state index contributed by atoms with van der Waals surface area (Å²) in [5.74, 6) is -2.73. The molecule has 0 spiro atoms. The zero-order chi connectivity index (χ0) is 17.1. The Labute approximate surface area is 131 Å². The number of esters is 1. The zero-order valence-corrected chi connectivity index (χ0v) is 12.5. The zero-order valence-electron chi connectivity index (χ0n) is 12.5. The third-order valence-electron chi connectivity index (χ3n) is 3.66. The first-order chi connectivity index (χ1) is 10.8. The number of hydrogen-bond acceptors (Lipinski definition) is 6. The average Bonchev–Trinajstić information content (AvgIpc) is 2.96. The van der Waals surface area contributed by atoms with Crippen molar-refractivity contribution in [3.63, 3.8) is 0 Å². The summed E-state index contributed by atoms with van der Waals surface area (Å²) in [4.78, 5) is 34.9. The van der Waals surface area contributed by atoms with Crippen LogP contribution >= 0.6 is 0 Å². The lowest BCUT2D eigenvalue weighted by Gasteiger charge is -2.21. The molecular formula is C14H16FN3O5. The van der Waals surface area contributed by atoms with E-state index in [4.69, 9.17) is 10.5 Å². The van der Waals surface area contributed by atoms with Gasteiger partial charge in [-0.25, -0.2) is 9.18 Å². The molecular weight excluding hydrogens is 309 g/mol. The third-order valence-corrected chi connectivity index (χ3v) is 3.66. The molecule has 0 aromatic heterocycles. The summed E-state index contributed by atoms with van der Waals surface area (Å²) in [6.45, 7) is 2.09. The van der Waals surface area contributed by atoms with Crippen molar-refractivity contribution in [1.82, 2.24) is 0 Å². The number of hydrogen-bond donors (Lipinski definition) is 1. The van der Waals surface area contributed by atoms with E-state index in [0.717, 1.165) is 12.1 Å². The van der Waals surface area contributed by atoms with Crippen LogP contribution in [-0.2, 0) is 9.53 Å². The maximum Gasteiger partial charge on any atom is 0.340 e. The van der Waals surface area contributed by atoms with Gasteiger partial charge >= 0.3 is 5.97 Å². The van der Waals surface area contributed by atoms with Crippen LogP contribution in [0.25, 0.3) is 0 Å². The highest BCUT2D eigenvalue weighted by Crippen LogP contribution is 2.33. The molecule has 0 aliphatic carbocycles. The van der Waals surface area contributed by atoms with E-state index < -0.39 is 34.2 Å². The van der Waals surface area contributed by atoms with Crippen LogP contribution in [0.5, 0.6) is 0 Å². The standard InChI is InChI=1S/C14H16FN3O5/c1-2-23-14(20)10-5-9(18(21)22)6-11(15)12(10)17-4-3-8(7-17)13(16)19/h5-6,8H,2-4,7H2,1H3,(H2,16,19). The van der Waals surface area contributed by atoms with Gasteiger partial charge < -0.3 is 15.4 Å². The second-order valence-corrected chi connectivity index (χ2v) is 5.14. The predicted octanol–water partition coefficient (Wildman–Crippen LogP) is 1.22. The Morgan fingerprint density at radius 1 is 1.52 bits per heavy atom. The Bertz CT molecular complexity index is 664. The highest BCUT2D eigenvalue weighted by atomic mass is 19.1. The molecule has 1 atom stereocenters. The lowest BCUT2D eigenvalue weighted by molar-refractivity contribution is -0.385. The number of nitro groups is 1. The number of non-ortho nitro benzene ring substituents is 1. The summed E-state index contributed by atoms with van der Waals surface area (Å²) in [6, 6.07) is 1.73. The highest BCUT2D eigenvalue weighted by Gasteiger charge is 2.32. The fourth-order valence-corrected chi connectivity index (χ4v) is 2.57. The van der Waals surface area contributed by atoms with Crippen molar-refractivity contribution in [1.29, 1.82) is 0 Å². The van der Waals surface area contributed by atoms with E-state index in [1.807, 2.05) is 0 Å². The van der Waals surface area contributed by atoms with Gasteiger partial charge in [-0.3, -0.25) is 14.9 Å². The van der Waals surface area contributed by atoms with Crippen molar-refractivity contribution in [2.75, 3.05) is 24.6 Å². The molecule has 0 bridgehead atoms. The van der Waals surface area contributed by atoms with Gasteiger partial charge in [0, 0.05) is 19.2 Å². The van der Waals surface area contributed by atoms with Crippen molar-refractivity contribution in [3.8, 4) is 0 Å². The van der Waals surface area contributed by atoms with Crippen molar-refractivity contribution in [2.24, 2.45) is 11.7 Å². The van der Waals surface area contributed by atoms with E-state index in [0.29, 0.717) is 13.0 Å². The number of primary amides is 1.